The minimum absolute atomic E-state index is 0.0301. The van der Waals surface area contributed by atoms with E-state index in [2.05, 4.69) is 45.7 Å². The monoisotopic (exact) mass is 1610 g/mol. The quantitative estimate of drug-likeness (QED) is 0.0111. The smallest absolute Gasteiger partial charge is 0.407 e. The van der Waals surface area contributed by atoms with Crippen LogP contribution in [0.3, 0.4) is 0 Å². The first-order valence-electron chi connectivity index (χ1n) is 40.6. The molecule has 0 radical (unpaired) electrons. The molecular weight excluding hydrogens is 1480 g/mol. The fourth-order valence-corrected chi connectivity index (χ4v) is 13.3. The van der Waals surface area contributed by atoms with Crippen molar-refractivity contribution in [2.75, 3.05) is 36.9 Å². The molecule has 4 aromatic carbocycles. The number of aromatic hydroxyl groups is 2. The molecule has 0 aromatic heterocycles. The van der Waals surface area contributed by atoms with E-state index < -0.39 is 150 Å². The summed E-state index contributed by atoms with van der Waals surface area (Å²) in [4.78, 5) is 106. The van der Waals surface area contributed by atoms with Crippen LogP contribution in [0, 0.1) is 0 Å². The summed E-state index contributed by atoms with van der Waals surface area (Å²) in [5.41, 5.74) is 8.97. The Hall–Kier alpha value is -8.88. The van der Waals surface area contributed by atoms with Gasteiger partial charge in [-0.05, 0) is 204 Å². The number of rotatable bonds is 42. The highest BCUT2D eigenvalue weighted by Crippen LogP contribution is 2.43. The molecule has 1 saturated heterocycles. The molecule has 640 valence electrons. The lowest BCUT2D eigenvalue weighted by molar-refractivity contribution is -0.191. The molecule has 6 amide bonds. The van der Waals surface area contributed by atoms with E-state index in [1.165, 1.54) is 63.5 Å². The molecular formula is C85H128N8O22. The maximum Gasteiger partial charge on any atom is 0.407 e. The third kappa shape index (κ3) is 34.1. The van der Waals surface area contributed by atoms with Gasteiger partial charge in [0.1, 0.15) is 94.0 Å². The lowest BCUT2D eigenvalue weighted by Gasteiger charge is -2.41. The Bertz CT molecular complexity index is 3670. The van der Waals surface area contributed by atoms with Gasteiger partial charge in [-0.2, -0.15) is 0 Å². The van der Waals surface area contributed by atoms with Crippen LogP contribution in [0.2, 0.25) is 0 Å². The third-order valence-electron chi connectivity index (χ3n) is 19.6. The Morgan fingerprint density at radius 3 is 1.29 bits per heavy atom. The highest BCUT2D eigenvalue weighted by molar-refractivity contribution is 5.99. The molecule has 3 aliphatic rings. The SMILES string of the molecule is CCCCCCCCOc1ccc(NC(=O)C(CCCNC(=O)OC(C)(C)C)NC(=O)C2(O)CC(O)C(O)C(OC(=O)C(N)CCc3ccc(O)cc3)C2)cc1.CCCCCCCCOc1ccc(NC(=O)C(CCCNC(=O)OC(C)(C)C)NC(=O)C2(O)CC(OC(=O)C(N)CCc3ccc(O)cc3)C3OC(C)(C)OC3C2)cc1. The number of phenols is 2. The van der Waals surface area contributed by atoms with Crippen molar-refractivity contribution in [3.63, 3.8) is 0 Å². The largest absolute Gasteiger partial charge is 0.508 e. The zero-order chi connectivity index (χ0) is 84.5. The van der Waals surface area contributed by atoms with Crippen molar-refractivity contribution >= 4 is 59.1 Å². The number of nitrogens with two attached hydrogens (primary N) is 2. The average Bonchev–Trinajstić information content (AvgIpc) is 1.65. The summed E-state index contributed by atoms with van der Waals surface area (Å²) in [5.74, 6) is -4.25. The van der Waals surface area contributed by atoms with Crippen molar-refractivity contribution in [3.8, 4) is 23.0 Å². The van der Waals surface area contributed by atoms with Crippen molar-refractivity contribution in [1.29, 1.82) is 0 Å². The molecule has 30 nitrogen and oxygen atoms in total. The highest BCUT2D eigenvalue weighted by atomic mass is 16.8. The molecule has 4 aromatic rings. The number of fused-ring (bicyclic) bond motifs is 1. The van der Waals surface area contributed by atoms with Crippen LogP contribution < -0.4 is 52.8 Å². The number of amides is 6. The van der Waals surface area contributed by atoms with E-state index in [4.69, 9.17) is 49.4 Å². The normalized spacial score (nSPS) is 21.3. The summed E-state index contributed by atoms with van der Waals surface area (Å²) in [7, 11) is 0. The predicted molar refractivity (Wildman–Crippen MR) is 431 cm³/mol. The molecule has 12 atom stereocenters. The molecule has 7 rings (SSSR count). The second-order valence-corrected chi connectivity index (χ2v) is 32.6. The first-order valence-corrected chi connectivity index (χ1v) is 40.6. The summed E-state index contributed by atoms with van der Waals surface area (Å²) >= 11 is 0. The van der Waals surface area contributed by atoms with Gasteiger partial charge in [0.05, 0.1) is 25.4 Å². The first kappa shape index (κ1) is 95.0. The van der Waals surface area contributed by atoms with Gasteiger partial charge >= 0.3 is 24.1 Å². The number of ether oxygens (including phenoxy) is 8. The average molecular weight is 1610 g/mol. The molecule has 1 heterocycles. The van der Waals surface area contributed by atoms with Crippen LogP contribution in [0.5, 0.6) is 23.0 Å². The van der Waals surface area contributed by atoms with E-state index in [1.807, 2.05) is 0 Å². The van der Waals surface area contributed by atoms with Crippen molar-refractivity contribution < 1.29 is 107 Å². The Kier molecular flexibility index (Phi) is 38.1. The van der Waals surface area contributed by atoms with E-state index in [1.54, 1.807) is 140 Å². The minimum Gasteiger partial charge on any atom is -0.508 e. The third-order valence-corrected chi connectivity index (χ3v) is 19.6. The van der Waals surface area contributed by atoms with E-state index in [9.17, 15) is 69.0 Å². The minimum atomic E-state index is -2.35. The van der Waals surface area contributed by atoms with E-state index in [0.29, 0.717) is 48.9 Å². The van der Waals surface area contributed by atoms with Gasteiger partial charge < -0.3 is 112 Å². The summed E-state index contributed by atoms with van der Waals surface area (Å²) in [6.45, 7) is 19.6. The Balaban J connectivity index is 0.000000358. The van der Waals surface area contributed by atoms with Gasteiger partial charge in [-0.3, -0.25) is 28.8 Å². The van der Waals surface area contributed by atoms with Gasteiger partial charge in [-0.15, -0.1) is 0 Å². The number of aliphatic hydroxyl groups excluding tert-OH is 2. The lowest BCUT2D eigenvalue weighted by atomic mass is 9.78. The Morgan fingerprint density at radius 1 is 0.496 bits per heavy atom. The number of carbonyl (C=O) groups excluding carboxylic acids is 8. The molecule has 115 heavy (non-hydrogen) atoms. The topological polar surface area (TPSA) is 456 Å². The second-order valence-electron chi connectivity index (χ2n) is 32.6. The van der Waals surface area contributed by atoms with Crippen LogP contribution in [-0.4, -0.2) is 194 Å². The van der Waals surface area contributed by atoms with Crippen LogP contribution in [0.1, 0.15) is 222 Å². The number of benzene rings is 4. The number of alkyl carbamates (subject to hydrolysis) is 2. The van der Waals surface area contributed by atoms with Crippen LogP contribution in [0.15, 0.2) is 97.1 Å². The first-order chi connectivity index (χ1) is 54.3. The molecule has 12 unspecified atom stereocenters. The number of anilines is 2. The van der Waals surface area contributed by atoms with Crippen LogP contribution >= 0.6 is 0 Å². The maximum absolute atomic E-state index is 14.1. The standard InChI is InChI=1S/C44H66N4O11.C41H62N4O11/c1-7-8-9-10-11-12-26-55-32-22-18-30(19-23-32)47-38(50)34(14-13-25-46-41(53)59-42(2,3)4)48-40(52)44(54)27-35(37-36(28-44)57-43(5,6)58-37)56-39(51)33(45)24-17-29-15-20-31(49)21-16-29;1-5-6-7-8-9-10-24-54-30-20-16-28(17-21-30)44-36(49)32(12-11-23-43-39(52)56-40(2,3)4)45-38(51)41(53)25-33(47)35(48)34(26-41)55-37(50)31(42)22-15-27-13-18-29(46)19-14-27/h15-16,18-23,33-37,49,54H,7-14,17,24-28,45H2,1-6H3,(H,46,53)(H,47,50)(H,48,52);13-14,16-21,31-35,46-48,53H,5-12,15,22-26,42H2,1-4H3,(H,43,52)(H,44,49)(H,45,51). The van der Waals surface area contributed by atoms with Gasteiger partial charge in [0.2, 0.25) is 11.8 Å². The van der Waals surface area contributed by atoms with Gasteiger partial charge in [0.25, 0.3) is 11.8 Å². The van der Waals surface area contributed by atoms with Crippen LogP contribution in [0.25, 0.3) is 0 Å². The molecule has 30 heteroatoms. The zero-order valence-electron chi connectivity index (χ0n) is 68.7. The summed E-state index contributed by atoms with van der Waals surface area (Å²) in [6.07, 6.45) is 5.13. The Morgan fingerprint density at radius 2 is 0.878 bits per heavy atom. The molecule has 2 saturated carbocycles. The van der Waals surface area contributed by atoms with Gasteiger partial charge in [0.15, 0.2) is 5.79 Å². The Labute approximate surface area is 676 Å². The number of aliphatic hydroxyl groups is 4. The maximum atomic E-state index is 14.1. The van der Waals surface area contributed by atoms with E-state index in [-0.39, 0.29) is 76.0 Å². The van der Waals surface area contributed by atoms with Crippen molar-refractivity contribution in [3.05, 3.63) is 108 Å². The molecule has 1 aliphatic heterocycles. The summed E-state index contributed by atoms with van der Waals surface area (Å²) < 4.78 is 45.7. The lowest BCUT2D eigenvalue weighted by Crippen LogP contribution is -2.62. The zero-order valence-corrected chi connectivity index (χ0v) is 68.7. The van der Waals surface area contributed by atoms with Gasteiger partial charge in [-0.1, -0.05) is 102 Å². The number of aryl methyl sites for hydroxylation is 2. The van der Waals surface area contributed by atoms with E-state index in [0.717, 1.165) is 36.8 Å². The van der Waals surface area contributed by atoms with Gasteiger partial charge in [0, 0.05) is 50.1 Å². The number of esters is 2. The molecule has 0 spiro atoms. The van der Waals surface area contributed by atoms with E-state index >= 15 is 0 Å². The highest BCUT2D eigenvalue weighted by Gasteiger charge is 2.58. The number of hydrogen-bond donors (Lipinski definition) is 14. The molecule has 3 fully saturated rings. The van der Waals surface area contributed by atoms with Crippen LogP contribution in [0.4, 0.5) is 21.0 Å². The summed E-state index contributed by atoms with van der Waals surface area (Å²) in [6, 6.07) is 22.2. The predicted octanol–water partition coefficient (Wildman–Crippen LogP) is 9.75. The molecule has 2 aliphatic carbocycles. The van der Waals surface area contributed by atoms with Gasteiger partial charge in [-0.25, -0.2) is 9.59 Å². The summed E-state index contributed by atoms with van der Waals surface area (Å²) in [5, 5.41) is 80.1. The fourth-order valence-electron chi connectivity index (χ4n) is 13.3. The second kappa shape index (κ2) is 46.2. The van der Waals surface area contributed by atoms with Crippen molar-refractivity contribution in [2.24, 2.45) is 11.5 Å². The number of nitrogens with one attached hydrogen (secondary N) is 6. The van der Waals surface area contributed by atoms with Crippen molar-refractivity contribution in [1.82, 2.24) is 21.3 Å². The van der Waals surface area contributed by atoms with Crippen LogP contribution in [-0.2, 0) is 70.0 Å². The van der Waals surface area contributed by atoms with Crippen molar-refractivity contribution in [2.45, 2.75) is 312 Å². The number of carbonyl (C=O) groups is 8. The number of unbranched alkanes of at least 4 members (excludes halogenated alkanes) is 10. The fraction of sp³-hybridized carbons (Fsp3) is 0.624. The molecule has 0 bridgehead atoms. The molecule has 16 N–H and O–H groups in total. The number of hydrogen-bond acceptors (Lipinski definition) is 24. The number of phenolic OH excluding ortho intramolecular Hbond substituents is 2.